The number of rotatable bonds is 3. The van der Waals surface area contributed by atoms with Gasteiger partial charge in [0.15, 0.2) is 5.52 Å². The zero-order valence-corrected chi connectivity index (χ0v) is 9.09. The average Bonchev–Trinajstić information content (AvgIpc) is 2.32. The van der Waals surface area contributed by atoms with E-state index in [1.165, 1.54) is 0 Å². The fraction of sp³-hybridized carbons (Fsp3) is 0.0833. The van der Waals surface area contributed by atoms with Crippen molar-refractivity contribution in [1.29, 1.82) is 0 Å². The molecule has 2 aromatic rings. The lowest BCUT2D eigenvalue weighted by Gasteiger charge is -2.06. The second-order valence-electron chi connectivity index (χ2n) is 3.59. The highest BCUT2D eigenvalue weighted by atomic mass is 16.6. The number of nitrogens with zero attached hydrogens (tertiary/aromatic N) is 2. The topological polar surface area (TPSA) is 82.0 Å². The number of hydrogen-bond donors (Lipinski definition) is 1. The number of anilines is 1. The van der Waals surface area contributed by atoms with Crippen LogP contribution in [-0.2, 0) is 6.42 Å². The van der Waals surface area contributed by atoms with Crippen LogP contribution in [0.1, 0.15) is 5.56 Å². The molecule has 0 saturated carbocycles. The number of allylic oxidation sites excluding steroid dienone is 1. The lowest BCUT2D eigenvalue weighted by Crippen LogP contribution is -2.03. The summed E-state index contributed by atoms with van der Waals surface area (Å²) in [5.74, 6) is -0.291. The molecule has 0 aliphatic carbocycles. The first-order chi connectivity index (χ1) is 8.15. The fourth-order valence-corrected chi connectivity index (χ4v) is 1.78. The molecule has 0 aliphatic rings. The molecule has 0 atom stereocenters. The molecule has 0 saturated heterocycles. The molecule has 0 bridgehead atoms. The molecule has 0 radical (unpaired) electrons. The van der Waals surface area contributed by atoms with Crippen molar-refractivity contribution >= 4 is 22.4 Å². The standard InChI is InChI=1S/C12H11N3O2/c1-2-5-9-8-6-3-4-7-10(8)14-12(11(9)13)15(16)17/h2-4,6-7H,1,5,13H2. The van der Waals surface area contributed by atoms with Gasteiger partial charge in [0.25, 0.3) is 0 Å². The average molecular weight is 229 g/mol. The van der Waals surface area contributed by atoms with Crippen LogP contribution in [0.4, 0.5) is 11.5 Å². The summed E-state index contributed by atoms with van der Waals surface area (Å²) in [6.45, 7) is 3.63. The maximum atomic E-state index is 10.9. The highest BCUT2D eigenvalue weighted by molar-refractivity contribution is 5.89. The number of nitro groups is 1. The summed E-state index contributed by atoms with van der Waals surface area (Å²) in [6.07, 6.45) is 2.15. The first kappa shape index (κ1) is 11.1. The minimum absolute atomic E-state index is 0.119. The number of nitrogens with two attached hydrogens (primary N) is 1. The predicted molar refractivity (Wildman–Crippen MR) is 66.7 cm³/mol. The number of hydrogen-bond acceptors (Lipinski definition) is 4. The van der Waals surface area contributed by atoms with Crippen LogP contribution in [0.3, 0.4) is 0 Å². The molecule has 2 rings (SSSR count). The van der Waals surface area contributed by atoms with Crippen molar-refractivity contribution < 1.29 is 4.92 Å². The van der Waals surface area contributed by atoms with Crippen LogP contribution < -0.4 is 5.73 Å². The molecule has 2 N–H and O–H groups in total. The van der Waals surface area contributed by atoms with Crippen LogP contribution in [0, 0.1) is 10.1 Å². The highest BCUT2D eigenvalue weighted by Gasteiger charge is 2.20. The zero-order chi connectivity index (χ0) is 12.4. The maximum absolute atomic E-state index is 10.9. The smallest absolute Gasteiger partial charge is 0.387 e. The Bertz CT molecular complexity index is 608. The van der Waals surface area contributed by atoms with E-state index < -0.39 is 4.92 Å². The highest BCUT2D eigenvalue weighted by Crippen LogP contribution is 2.30. The SMILES string of the molecule is C=CCc1c(N)c([N+](=O)[O-])nc2ccccc12. The number of aromatic nitrogens is 1. The first-order valence-electron chi connectivity index (χ1n) is 5.07. The van der Waals surface area contributed by atoms with E-state index in [4.69, 9.17) is 5.73 Å². The van der Waals surface area contributed by atoms with Crippen LogP contribution in [0.15, 0.2) is 36.9 Å². The van der Waals surface area contributed by atoms with Gasteiger partial charge in [-0.25, -0.2) is 0 Å². The van der Waals surface area contributed by atoms with Gasteiger partial charge in [0, 0.05) is 5.39 Å². The van der Waals surface area contributed by atoms with Gasteiger partial charge in [-0.15, -0.1) is 6.58 Å². The number of fused-ring (bicyclic) bond motifs is 1. The van der Waals surface area contributed by atoms with Gasteiger partial charge in [-0.1, -0.05) is 24.3 Å². The van der Waals surface area contributed by atoms with E-state index in [0.717, 1.165) is 5.39 Å². The minimum Gasteiger partial charge on any atom is -0.392 e. The van der Waals surface area contributed by atoms with E-state index >= 15 is 0 Å². The summed E-state index contributed by atoms with van der Waals surface area (Å²) in [5, 5.41) is 11.7. The van der Waals surface area contributed by atoms with Gasteiger partial charge in [0.1, 0.15) is 5.69 Å². The van der Waals surface area contributed by atoms with E-state index in [2.05, 4.69) is 11.6 Å². The van der Waals surface area contributed by atoms with Crippen molar-refractivity contribution in [3.8, 4) is 0 Å². The second kappa shape index (κ2) is 4.21. The van der Waals surface area contributed by atoms with Gasteiger partial charge in [-0.05, 0) is 28.0 Å². The van der Waals surface area contributed by atoms with E-state index in [0.29, 0.717) is 17.5 Å². The van der Waals surface area contributed by atoms with Crippen molar-refractivity contribution in [2.45, 2.75) is 6.42 Å². The van der Waals surface area contributed by atoms with E-state index in [9.17, 15) is 10.1 Å². The van der Waals surface area contributed by atoms with Gasteiger partial charge in [-0.3, -0.25) is 0 Å². The first-order valence-corrected chi connectivity index (χ1v) is 5.07. The maximum Gasteiger partial charge on any atom is 0.387 e. The van der Waals surface area contributed by atoms with E-state index in [-0.39, 0.29) is 11.5 Å². The number of nitrogen functional groups attached to an aromatic ring is 1. The molecule has 0 aliphatic heterocycles. The Morgan fingerprint density at radius 1 is 1.47 bits per heavy atom. The van der Waals surface area contributed by atoms with Crippen molar-refractivity contribution in [1.82, 2.24) is 4.98 Å². The van der Waals surface area contributed by atoms with Gasteiger partial charge >= 0.3 is 5.82 Å². The summed E-state index contributed by atoms with van der Waals surface area (Å²) >= 11 is 0. The molecule has 5 nitrogen and oxygen atoms in total. The number of pyridine rings is 1. The third kappa shape index (κ3) is 1.82. The molecule has 0 unspecified atom stereocenters. The largest absolute Gasteiger partial charge is 0.392 e. The van der Waals surface area contributed by atoms with Gasteiger partial charge < -0.3 is 15.8 Å². The summed E-state index contributed by atoms with van der Waals surface area (Å²) in [4.78, 5) is 14.3. The van der Waals surface area contributed by atoms with Crippen LogP contribution >= 0.6 is 0 Å². The summed E-state index contributed by atoms with van der Waals surface area (Å²) < 4.78 is 0. The molecule has 0 spiro atoms. The van der Waals surface area contributed by atoms with Gasteiger partial charge in [-0.2, -0.15) is 0 Å². The lowest BCUT2D eigenvalue weighted by molar-refractivity contribution is -0.388. The van der Waals surface area contributed by atoms with Gasteiger partial charge in [0.05, 0.1) is 0 Å². The lowest BCUT2D eigenvalue weighted by atomic mass is 10.0. The molecule has 0 fully saturated rings. The number of benzene rings is 1. The van der Waals surface area contributed by atoms with Crippen molar-refractivity contribution in [2.24, 2.45) is 0 Å². The van der Waals surface area contributed by atoms with Crippen molar-refractivity contribution in [2.75, 3.05) is 5.73 Å². The quantitative estimate of drug-likeness (QED) is 0.498. The molecule has 5 heteroatoms. The molecule has 86 valence electrons. The summed E-state index contributed by atoms with van der Waals surface area (Å²) in [7, 11) is 0. The minimum atomic E-state index is -0.561. The Labute approximate surface area is 97.7 Å². The monoisotopic (exact) mass is 229 g/mol. The van der Waals surface area contributed by atoms with Crippen LogP contribution in [0.25, 0.3) is 10.9 Å². The predicted octanol–water partition coefficient (Wildman–Crippen LogP) is 2.45. The molecular weight excluding hydrogens is 218 g/mol. The Morgan fingerprint density at radius 2 is 2.18 bits per heavy atom. The van der Waals surface area contributed by atoms with E-state index in [1.54, 1.807) is 18.2 Å². The van der Waals surface area contributed by atoms with Crippen LogP contribution in [0.2, 0.25) is 0 Å². The molecular formula is C12H11N3O2. The molecule has 0 amide bonds. The molecule has 1 heterocycles. The fourth-order valence-electron chi connectivity index (χ4n) is 1.78. The molecule has 1 aromatic heterocycles. The third-order valence-electron chi connectivity index (χ3n) is 2.54. The zero-order valence-electron chi connectivity index (χ0n) is 9.09. The number of para-hydroxylation sites is 1. The van der Waals surface area contributed by atoms with Crippen molar-refractivity contribution in [3.05, 3.63) is 52.6 Å². The molecule has 17 heavy (non-hydrogen) atoms. The Hall–Kier alpha value is -2.43. The summed E-state index contributed by atoms with van der Waals surface area (Å²) in [6, 6.07) is 7.21. The normalized spacial score (nSPS) is 10.4. The third-order valence-corrected chi connectivity index (χ3v) is 2.54. The Kier molecular flexibility index (Phi) is 2.74. The second-order valence-corrected chi connectivity index (χ2v) is 3.59. The van der Waals surface area contributed by atoms with Crippen LogP contribution in [0.5, 0.6) is 0 Å². The Morgan fingerprint density at radius 3 is 2.82 bits per heavy atom. The van der Waals surface area contributed by atoms with E-state index in [1.807, 2.05) is 12.1 Å². The summed E-state index contributed by atoms with van der Waals surface area (Å²) in [5.41, 5.74) is 7.18. The van der Waals surface area contributed by atoms with Crippen molar-refractivity contribution in [3.63, 3.8) is 0 Å². The van der Waals surface area contributed by atoms with Crippen LogP contribution in [-0.4, -0.2) is 9.91 Å². The van der Waals surface area contributed by atoms with Gasteiger partial charge in [0.2, 0.25) is 0 Å². The Balaban J connectivity index is 2.84. The molecule has 1 aromatic carbocycles.